The Morgan fingerprint density at radius 3 is 2.45 bits per heavy atom. The summed E-state index contributed by atoms with van der Waals surface area (Å²) in [5.41, 5.74) is -0.170. The van der Waals surface area contributed by atoms with E-state index >= 15 is 0 Å². The molecule has 2 aromatic rings. The molecule has 0 spiro atoms. The van der Waals surface area contributed by atoms with Gasteiger partial charge in [-0.05, 0) is 55.5 Å². The number of carbonyl (C=O) groups excluding carboxylic acids is 2. The van der Waals surface area contributed by atoms with Crippen molar-refractivity contribution in [3.05, 3.63) is 65.5 Å². The maximum Gasteiger partial charge on any atom is 0.321 e. The number of piperidine rings is 1. The fourth-order valence-electron chi connectivity index (χ4n) is 3.34. The van der Waals surface area contributed by atoms with Gasteiger partial charge in [0, 0.05) is 19.6 Å². The quantitative estimate of drug-likeness (QED) is 0.785. The second-order valence-corrected chi connectivity index (χ2v) is 7.01. The van der Waals surface area contributed by atoms with E-state index in [1.165, 1.54) is 12.1 Å². The highest BCUT2D eigenvalue weighted by atomic mass is 19.1. The molecule has 1 fully saturated rings. The molecule has 0 aliphatic carbocycles. The van der Waals surface area contributed by atoms with Gasteiger partial charge in [-0.3, -0.25) is 4.79 Å². The van der Waals surface area contributed by atoms with E-state index in [1.807, 2.05) is 0 Å². The van der Waals surface area contributed by atoms with Crippen molar-refractivity contribution in [3.8, 4) is 0 Å². The van der Waals surface area contributed by atoms with Gasteiger partial charge in [-0.1, -0.05) is 12.1 Å². The average molecular weight is 405 g/mol. The summed E-state index contributed by atoms with van der Waals surface area (Å²) in [5.74, 6) is -2.27. The van der Waals surface area contributed by atoms with Gasteiger partial charge in [0.15, 0.2) is 0 Å². The van der Waals surface area contributed by atoms with E-state index in [2.05, 4.69) is 10.6 Å². The number of nitrogens with one attached hydrogen (secondary N) is 2. The number of likely N-dealkylation sites (tertiary alicyclic amines) is 1. The number of anilines is 1. The first kappa shape index (κ1) is 20.7. The number of benzene rings is 2. The molecule has 0 atom stereocenters. The molecule has 0 radical (unpaired) electrons. The Morgan fingerprint density at radius 1 is 1.00 bits per heavy atom. The zero-order valence-corrected chi connectivity index (χ0v) is 15.8. The molecule has 5 nitrogen and oxygen atoms in total. The van der Waals surface area contributed by atoms with Crippen LogP contribution in [0.2, 0.25) is 0 Å². The van der Waals surface area contributed by atoms with Gasteiger partial charge in [-0.15, -0.1) is 0 Å². The number of para-hydroxylation sites is 1. The molecule has 1 saturated heterocycles. The average Bonchev–Trinajstić information content (AvgIpc) is 2.72. The maximum atomic E-state index is 13.6. The van der Waals surface area contributed by atoms with Gasteiger partial charge in [0.25, 0.3) is 5.91 Å². The van der Waals surface area contributed by atoms with E-state index in [0.717, 1.165) is 31.0 Å². The zero-order valence-electron chi connectivity index (χ0n) is 15.8. The minimum atomic E-state index is -0.766. The lowest BCUT2D eigenvalue weighted by Crippen LogP contribution is -2.41. The Bertz CT molecular complexity index is 883. The number of carbonyl (C=O) groups is 2. The highest BCUT2D eigenvalue weighted by Crippen LogP contribution is 2.21. The van der Waals surface area contributed by atoms with E-state index in [-0.39, 0.29) is 17.3 Å². The second kappa shape index (κ2) is 9.45. The molecule has 2 aromatic carbocycles. The Balaban J connectivity index is 1.41. The highest BCUT2D eigenvalue weighted by molar-refractivity contribution is 5.94. The van der Waals surface area contributed by atoms with Crippen molar-refractivity contribution in [1.29, 1.82) is 0 Å². The molecule has 1 aliphatic heterocycles. The third-order valence-electron chi connectivity index (χ3n) is 5.03. The summed E-state index contributed by atoms with van der Waals surface area (Å²) in [7, 11) is 0. The number of hydrogen-bond acceptors (Lipinski definition) is 2. The molecule has 29 heavy (non-hydrogen) atoms. The van der Waals surface area contributed by atoms with Gasteiger partial charge in [-0.25, -0.2) is 18.0 Å². The molecule has 0 saturated carbocycles. The minimum Gasteiger partial charge on any atom is -0.352 e. The van der Waals surface area contributed by atoms with Crippen LogP contribution in [0.3, 0.4) is 0 Å². The molecule has 0 unspecified atom stereocenters. The minimum absolute atomic E-state index is 0.145. The summed E-state index contributed by atoms with van der Waals surface area (Å²) < 4.78 is 40.4. The molecule has 1 heterocycles. The normalized spacial score (nSPS) is 14.5. The zero-order chi connectivity index (χ0) is 20.8. The van der Waals surface area contributed by atoms with Gasteiger partial charge in [-0.2, -0.15) is 0 Å². The standard InChI is InChI=1S/C21H22F3N3O2/c22-15-5-6-17(23)16(13-15)20(28)25-10-7-14-8-11-27(12-9-14)21(29)26-19-4-2-1-3-18(19)24/h1-6,13-14H,7-12H2,(H,25,28)(H,26,29). The number of urea groups is 1. The molecule has 3 rings (SSSR count). The van der Waals surface area contributed by atoms with Crippen LogP contribution < -0.4 is 10.6 Å². The number of halogens is 3. The molecule has 0 aromatic heterocycles. The second-order valence-electron chi connectivity index (χ2n) is 7.01. The molecule has 1 aliphatic rings. The first-order valence-corrected chi connectivity index (χ1v) is 9.47. The van der Waals surface area contributed by atoms with Crippen molar-refractivity contribution in [2.45, 2.75) is 19.3 Å². The predicted octanol–water partition coefficient (Wildman–Crippen LogP) is 4.17. The van der Waals surface area contributed by atoms with Gasteiger partial charge in [0.05, 0.1) is 11.3 Å². The first-order valence-electron chi connectivity index (χ1n) is 9.47. The molecule has 0 bridgehead atoms. The number of amides is 3. The van der Waals surface area contributed by atoms with E-state index in [0.29, 0.717) is 32.0 Å². The van der Waals surface area contributed by atoms with Crippen molar-refractivity contribution in [2.75, 3.05) is 25.0 Å². The van der Waals surface area contributed by atoms with Crippen LogP contribution in [0.1, 0.15) is 29.6 Å². The highest BCUT2D eigenvalue weighted by Gasteiger charge is 2.23. The van der Waals surface area contributed by atoms with Crippen LogP contribution in [-0.2, 0) is 0 Å². The fraction of sp³-hybridized carbons (Fsp3) is 0.333. The van der Waals surface area contributed by atoms with E-state index in [9.17, 15) is 22.8 Å². The van der Waals surface area contributed by atoms with Crippen LogP contribution in [-0.4, -0.2) is 36.5 Å². The lowest BCUT2D eigenvalue weighted by atomic mass is 9.93. The monoisotopic (exact) mass is 405 g/mol. The van der Waals surface area contributed by atoms with Crippen molar-refractivity contribution >= 4 is 17.6 Å². The summed E-state index contributed by atoms with van der Waals surface area (Å²) in [4.78, 5) is 25.9. The molecule has 8 heteroatoms. The Kier molecular flexibility index (Phi) is 6.74. The molecule has 2 N–H and O–H groups in total. The SMILES string of the molecule is O=C(NCCC1CCN(C(=O)Nc2ccccc2F)CC1)c1cc(F)ccc1F. The van der Waals surface area contributed by atoms with Gasteiger partial charge in [0.1, 0.15) is 17.5 Å². The van der Waals surface area contributed by atoms with Crippen LogP contribution in [0.25, 0.3) is 0 Å². The van der Waals surface area contributed by atoms with Crippen LogP contribution in [0.5, 0.6) is 0 Å². The third kappa shape index (κ3) is 5.49. The van der Waals surface area contributed by atoms with Crippen LogP contribution in [0.4, 0.5) is 23.7 Å². The topological polar surface area (TPSA) is 61.4 Å². The van der Waals surface area contributed by atoms with Crippen molar-refractivity contribution in [3.63, 3.8) is 0 Å². The summed E-state index contributed by atoms with van der Waals surface area (Å²) in [6, 6.07) is 8.40. The smallest absolute Gasteiger partial charge is 0.321 e. The van der Waals surface area contributed by atoms with Crippen molar-refractivity contribution in [2.24, 2.45) is 5.92 Å². The number of hydrogen-bond donors (Lipinski definition) is 2. The van der Waals surface area contributed by atoms with Crippen molar-refractivity contribution in [1.82, 2.24) is 10.2 Å². The van der Waals surface area contributed by atoms with Crippen LogP contribution in [0, 0.1) is 23.4 Å². The lowest BCUT2D eigenvalue weighted by Gasteiger charge is -2.32. The lowest BCUT2D eigenvalue weighted by molar-refractivity contribution is 0.0945. The van der Waals surface area contributed by atoms with E-state index < -0.39 is 23.4 Å². The maximum absolute atomic E-state index is 13.6. The number of rotatable bonds is 5. The molecule has 154 valence electrons. The Morgan fingerprint density at radius 2 is 1.72 bits per heavy atom. The Labute approximate surface area is 166 Å². The Hall–Kier alpha value is -3.03. The molecular formula is C21H22F3N3O2. The van der Waals surface area contributed by atoms with E-state index in [1.54, 1.807) is 17.0 Å². The summed E-state index contributed by atoms with van der Waals surface area (Å²) in [5, 5.41) is 5.18. The molecular weight excluding hydrogens is 383 g/mol. The largest absolute Gasteiger partial charge is 0.352 e. The third-order valence-corrected chi connectivity index (χ3v) is 5.03. The number of nitrogens with zero attached hydrogens (tertiary/aromatic N) is 1. The van der Waals surface area contributed by atoms with Gasteiger partial charge < -0.3 is 15.5 Å². The predicted molar refractivity (Wildman–Crippen MR) is 103 cm³/mol. The van der Waals surface area contributed by atoms with Gasteiger partial charge >= 0.3 is 6.03 Å². The van der Waals surface area contributed by atoms with Crippen LogP contribution in [0.15, 0.2) is 42.5 Å². The van der Waals surface area contributed by atoms with Crippen molar-refractivity contribution < 1.29 is 22.8 Å². The first-order chi connectivity index (χ1) is 13.9. The fourth-order valence-corrected chi connectivity index (χ4v) is 3.34. The summed E-state index contributed by atoms with van der Waals surface area (Å²) in [6.07, 6.45) is 2.16. The van der Waals surface area contributed by atoms with Gasteiger partial charge in [0.2, 0.25) is 0 Å². The summed E-state index contributed by atoms with van der Waals surface area (Å²) in [6.45, 7) is 1.38. The molecule has 3 amide bonds. The van der Waals surface area contributed by atoms with Crippen LogP contribution >= 0.6 is 0 Å². The summed E-state index contributed by atoms with van der Waals surface area (Å²) >= 11 is 0. The van der Waals surface area contributed by atoms with E-state index in [4.69, 9.17) is 0 Å².